The van der Waals surface area contributed by atoms with E-state index < -0.39 is 10.0 Å². The Morgan fingerprint density at radius 2 is 2.04 bits per heavy atom. The third-order valence-electron chi connectivity index (χ3n) is 4.03. The van der Waals surface area contributed by atoms with Crippen LogP contribution in [-0.4, -0.2) is 26.2 Å². The summed E-state index contributed by atoms with van der Waals surface area (Å²) in [5.41, 5.74) is 1.62. The summed E-state index contributed by atoms with van der Waals surface area (Å²) in [6, 6.07) is 6.33. The Kier molecular flexibility index (Phi) is 4.36. The second-order valence-corrected chi connectivity index (χ2v) is 8.40. The van der Waals surface area contributed by atoms with Crippen molar-refractivity contribution in [3.8, 4) is 11.5 Å². The molecular weight excluding hydrogens is 392 g/mol. The van der Waals surface area contributed by atoms with Gasteiger partial charge in [-0.3, -0.25) is 4.79 Å². The van der Waals surface area contributed by atoms with E-state index in [1.807, 2.05) is 13.0 Å². The standard InChI is InChI=1S/C17H14N2O6S2/c1-10-6-13-14(24-9-23-13)8-11(10)7-12(20)17-15(3-5-26-17)27(21,22)19-16-2-4-18-25-16/h2-6,8,19H,7,9H2,1H3. The van der Waals surface area contributed by atoms with Crippen LogP contribution in [0.2, 0.25) is 0 Å². The number of ketones is 1. The number of anilines is 1. The number of carbonyl (C=O) groups is 1. The van der Waals surface area contributed by atoms with Crippen LogP contribution < -0.4 is 14.2 Å². The van der Waals surface area contributed by atoms with Crippen LogP contribution in [0.1, 0.15) is 20.8 Å². The summed E-state index contributed by atoms with van der Waals surface area (Å²) in [6.07, 6.45) is 1.37. The fraction of sp³-hybridized carbons (Fsp3) is 0.176. The maximum atomic E-state index is 12.8. The van der Waals surface area contributed by atoms with Gasteiger partial charge in [0.15, 0.2) is 17.3 Å². The van der Waals surface area contributed by atoms with Gasteiger partial charge in [0.05, 0.1) is 11.1 Å². The van der Waals surface area contributed by atoms with E-state index in [9.17, 15) is 13.2 Å². The molecule has 0 saturated heterocycles. The predicted molar refractivity (Wildman–Crippen MR) is 97.0 cm³/mol. The van der Waals surface area contributed by atoms with Crippen LogP contribution in [0, 0.1) is 6.92 Å². The van der Waals surface area contributed by atoms with Crippen molar-refractivity contribution >= 4 is 33.0 Å². The second kappa shape index (κ2) is 6.71. The molecular formula is C17H14N2O6S2. The number of hydrogen-bond acceptors (Lipinski definition) is 8. The molecule has 140 valence electrons. The number of Topliss-reactive ketones (excluding diaryl/α,β-unsaturated/α-hetero) is 1. The Hall–Kier alpha value is -2.85. The molecule has 0 unspecified atom stereocenters. The second-order valence-electron chi connectivity index (χ2n) is 5.83. The first kappa shape index (κ1) is 17.6. The highest BCUT2D eigenvalue weighted by Gasteiger charge is 2.26. The highest BCUT2D eigenvalue weighted by molar-refractivity contribution is 7.93. The lowest BCUT2D eigenvalue weighted by atomic mass is 10.0. The van der Waals surface area contributed by atoms with Gasteiger partial charge in [0.25, 0.3) is 10.0 Å². The molecule has 0 fully saturated rings. The van der Waals surface area contributed by atoms with Crippen molar-refractivity contribution in [2.24, 2.45) is 0 Å². The van der Waals surface area contributed by atoms with Gasteiger partial charge in [-0.25, -0.2) is 13.1 Å². The van der Waals surface area contributed by atoms with Crippen molar-refractivity contribution in [3.05, 3.63) is 51.8 Å². The summed E-state index contributed by atoms with van der Waals surface area (Å²) in [5, 5.41) is 5.02. The summed E-state index contributed by atoms with van der Waals surface area (Å²) in [4.78, 5) is 12.9. The van der Waals surface area contributed by atoms with Crippen molar-refractivity contribution in [3.63, 3.8) is 0 Å². The number of sulfonamides is 1. The molecule has 27 heavy (non-hydrogen) atoms. The van der Waals surface area contributed by atoms with E-state index in [1.54, 1.807) is 11.4 Å². The van der Waals surface area contributed by atoms with E-state index in [-0.39, 0.29) is 34.7 Å². The Morgan fingerprint density at radius 1 is 1.26 bits per heavy atom. The van der Waals surface area contributed by atoms with E-state index in [2.05, 4.69) is 9.88 Å². The predicted octanol–water partition coefficient (Wildman–Crippen LogP) is 3.00. The third kappa shape index (κ3) is 3.40. The van der Waals surface area contributed by atoms with E-state index in [4.69, 9.17) is 14.0 Å². The summed E-state index contributed by atoms with van der Waals surface area (Å²) < 4.78 is 42.9. The van der Waals surface area contributed by atoms with E-state index >= 15 is 0 Å². The molecule has 1 aliphatic rings. The van der Waals surface area contributed by atoms with Gasteiger partial charge in [-0.15, -0.1) is 11.3 Å². The van der Waals surface area contributed by atoms with Gasteiger partial charge in [-0.2, -0.15) is 0 Å². The number of aromatic nitrogens is 1. The number of fused-ring (bicyclic) bond motifs is 1. The minimum atomic E-state index is -3.97. The Balaban J connectivity index is 1.60. The van der Waals surface area contributed by atoms with Crippen LogP contribution in [0.3, 0.4) is 0 Å². The Labute approximate surface area is 158 Å². The number of aryl methyl sites for hydroxylation is 1. The summed E-state index contributed by atoms with van der Waals surface area (Å²) in [6.45, 7) is 2.01. The fourth-order valence-corrected chi connectivity index (χ4v) is 5.07. The van der Waals surface area contributed by atoms with Crippen molar-refractivity contribution in [2.75, 3.05) is 11.5 Å². The highest BCUT2D eigenvalue weighted by Crippen LogP contribution is 2.35. The Bertz CT molecular complexity index is 1100. The van der Waals surface area contributed by atoms with Crippen LogP contribution >= 0.6 is 11.3 Å². The zero-order chi connectivity index (χ0) is 19.0. The monoisotopic (exact) mass is 406 g/mol. The zero-order valence-electron chi connectivity index (χ0n) is 14.1. The van der Waals surface area contributed by atoms with Gasteiger partial charge in [0.1, 0.15) is 4.90 Å². The first-order chi connectivity index (χ1) is 12.9. The summed E-state index contributed by atoms with van der Waals surface area (Å²) >= 11 is 1.08. The molecule has 0 spiro atoms. The molecule has 0 saturated carbocycles. The number of hydrogen-bond donors (Lipinski definition) is 1. The topological polar surface area (TPSA) is 108 Å². The quantitative estimate of drug-likeness (QED) is 0.627. The molecule has 0 amide bonds. The van der Waals surface area contributed by atoms with Crippen molar-refractivity contribution in [1.29, 1.82) is 0 Å². The summed E-state index contributed by atoms with van der Waals surface area (Å²) in [7, 11) is -3.97. The van der Waals surface area contributed by atoms with Crippen LogP contribution in [0.4, 0.5) is 5.88 Å². The number of rotatable bonds is 6. The highest BCUT2D eigenvalue weighted by atomic mass is 32.2. The minimum Gasteiger partial charge on any atom is -0.454 e. The lowest BCUT2D eigenvalue weighted by molar-refractivity contribution is 0.0994. The fourth-order valence-electron chi connectivity index (χ4n) is 2.70. The number of ether oxygens (including phenoxy) is 2. The number of benzene rings is 1. The van der Waals surface area contributed by atoms with Crippen molar-refractivity contribution in [2.45, 2.75) is 18.2 Å². The molecule has 1 N–H and O–H groups in total. The van der Waals surface area contributed by atoms with Gasteiger partial charge in [-0.1, -0.05) is 5.16 Å². The Morgan fingerprint density at radius 3 is 2.78 bits per heavy atom. The number of nitrogens with one attached hydrogen (secondary N) is 1. The van der Waals surface area contributed by atoms with Gasteiger partial charge in [0.2, 0.25) is 12.7 Å². The van der Waals surface area contributed by atoms with Gasteiger partial charge >= 0.3 is 0 Å². The van der Waals surface area contributed by atoms with Crippen LogP contribution in [0.15, 0.2) is 45.3 Å². The molecule has 3 heterocycles. The molecule has 0 radical (unpaired) electrons. The molecule has 10 heteroatoms. The molecule has 1 aliphatic heterocycles. The van der Waals surface area contributed by atoms with Crippen LogP contribution in [0.5, 0.6) is 11.5 Å². The molecule has 8 nitrogen and oxygen atoms in total. The number of thiophene rings is 1. The molecule has 0 aliphatic carbocycles. The minimum absolute atomic E-state index is 0.0220. The van der Waals surface area contributed by atoms with E-state index in [0.717, 1.165) is 22.5 Å². The zero-order valence-corrected chi connectivity index (χ0v) is 15.7. The molecule has 4 rings (SSSR count). The first-order valence-corrected chi connectivity index (χ1v) is 10.2. The van der Waals surface area contributed by atoms with Crippen molar-refractivity contribution in [1.82, 2.24) is 5.16 Å². The maximum absolute atomic E-state index is 12.8. The third-order valence-corrected chi connectivity index (χ3v) is 6.50. The first-order valence-electron chi connectivity index (χ1n) is 7.87. The summed E-state index contributed by atoms with van der Waals surface area (Å²) in [5.74, 6) is 0.893. The van der Waals surface area contributed by atoms with Gasteiger partial charge in [-0.05, 0) is 41.6 Å². The average molecular weight is 406 g/mol. The smallest absolute Gasteiger partial charge is 0.265 e. The largest absolute Gasteiger partial charge is 0.454 e. The molecule has 2 aromatic heterocycles. The van der Waals surface area contributed by atoms with Crippen LogP contribution in [0.25, 0.3) is 0 Å². The van der Waals surface area contributed by atoms with E-state index in [0.29, 0.717) is 11.5 Å². The van der Waals surface area contributed by atoms with Gasteiger partial charge < -0.3 is 14.0 Å². The molecule has 0 bridgehead atoms. The lowest BCUT2D eigenvalue weighted by Gasteiger charge is -2.08. The number of carbonyl (C=O) groups excluding carboxylic acids is 1. The molecule has 0 atom stereocenters. The maximum Gasteiger partial charge on any atom is 0.265 e. The van der Waals surface area contributed by atoms with Crippen LogP contribution in [-0.2, 0) is 16.4 Å². The lowest BCUT2D eigenvalue weighted by Crippen LogP contribution is -2.15. The SMILES string of the molecule is Cc1cc2c(cc1CC(=O)c1sccc1S(=O)(=O)Nc1ccno1)OCO2. The van der Waals surface area contributed by atoms with Gasteiger partial charge in [0, 0.05) is 12.5 Å². The normalized spacial score (nSPS) is 12.9. The van der Waals surface area contributed by atoms with E-state index in [1.165, 1.54) is 18.3 Å². The number of nitrogens with zero attached hydrogens (tertiary/aromatic N) is 1. The average Bonchev–Trinajstić information content (AvgIpc) is 3.35. The molecule has 3 aromatic rings. The molecule has 1 aromatic carbocycles. The van der Waals surface area contributed by atoms with Crippen molar-refractivity contribution < 1.29 is 27.2 Å².